The highest BCUT2D eigenvalue weighted by molar-refractivity contribution is 7.21. The van der Waals surface area contributed by atoms with E-state index in [0.29, 0.717) is 44.6 Å². The van der Waals surface area contributed by atoms with E-state index < -0.39 is 11.5 Å². The first-order valence-corrected chi connectivity index (χ1v) is 9.73. The van der Waals surface area contributed by atoms with Crippen molar-refractivity contribution >= 4 is 33.2 Å². The molecule has 1 aliphatic carbocycles. The van der Waals surface area contributed by atoms with E-state index in [1.165, 1.54) is 23.5 Å². The number of rotatable bonds is 3. The predicted molar refractivity (Wildman–Crippen MR) is 105 cm³/mol. The monoisotopic (exact) mass is 399 g/mol. The van der Waals surface area contributed by atoms with Gasteiger partial charge in [0.25, 0.3) is 17.4 Å². The molecule has 2 aromatic heterocycles. The zero-order valence-corrected chi connectivity index (χ0v) is 15.9. The number of thiophene rings is 1. The van der Waals surface area contributed by atoms with Crippen molar-refractivity contribution in [2.45, 2.75) is 32.2 Å². The number of benzene rings is 1. The second-order valence-corrected chi connectivity index (χ2v) is 7.95. The van der Waals surface area contributed by atoms with Gasteiger partial charge in [-0.1, -0.05) is 6.07 Å². The number of nitrogens with one attached hydrogen (secondary N) is 2. The lowest BCUT2D eigenvalue weighted by molar-refractivity contribution is 0.0936. The van der Waals surface area contributed by atoms with Crippen LogP contribution in [-0.4, -0.2) is 16.8 Å². The Morgan fingerprint density at radius 1 is 1.36 bits per heavy atom. The van der Waals surface area contributed by atoms with E-state index in [2.05, 4.69) is 10.3 Å². The highest BCUT2D eigenvalue weighted by Gasteiger charge is 2.27. The van der Waals surface area contributed by atoms with Crippen molar-refractivity contribution in [1.29, 1.82) is 0 Å². The van der Waals surface area contributed by atoms with Crippen LogP contribution in [0, 0.1) is 12.7 Å². The van der Waals surface area contributed by atoms with Crippen LogP contribution in [0.3, 0.4) is 0 Å². The molecular formula is C20H18FN3O3S. The Kier molecular flexibility index (Phi) is 4.50. The second-order valence-electron chi connectivity index (χ2n) is 6.90. The van der Waals surface area contributed by atoms with Crippen molar-refractivity contribution in [2.75, 3.05) is 0 Å². The van der Waals surface area contributed by atoms with Crippen molar-refractivity contribution in [3.05, 3.63) is 67.7 Å². The lowest BCUT2D eigenvalue weighted by Crippen LogP contribution is -2.34. The summed E-state index contributed by atoms with van der Waals surface area (Å²) >= 11 is 1.24. The van der Waals surface area contributed by atoms with Crippen molar-refractivity contribution in [3.8, 4) is 0 Å². The van der Waals surface area contributed by atoms with Crippen LogP contribution in [0.25, 0.3) is 10.1 Å². The molecule has 2 amide bonds. The Morgan fingerprint density at radius 3 is 2.86 bits per heavy atom. The number of aromatic amines is 1. The van der Waals surface area contributed by atoms with Gasteiger partial charge >= 0.3 is 0 Å². The van der Waals surface area contributed by atoms with Crippen LogP contribution >= 0.6 is 11.3 Å². The molecule has 6 nitrogen and oxygen atoms in total. The molecule has 144 valence electrons. The molecule has 1 atom stereocenters. The summed E-state index contributed by atoms with van der Waals surface area (Å²) in [6.45, 7) is 1.73. The van der Waals surface area contributed by atoms with Gasteiger partial charge in [-0.2, -0.15) is 0 Å². The molecule has 28 heavy (non-hydrogen) atoms. The fraction of sp³-hybridized carbons (Fsp3) is 0.250. The standard InChI is InChI=1S/C20H18FN3O3S/c1-9-16-12(21)4-2-7-15(16)28-17(9)20(27)24-14-6-3-5-13-10(14)8-11(18(22)25)19(26)23-13/h2,4,7-8,14H,3,5-6H2,1H3,(H2,22,25)(H,23,26)(H,24,27). The quantitative estimate of drug-likeness (QED) is 0.630. The van der Waals surface area contributed by atoms with Gasteiger partial charge in [0.15, 0.2) is 0 Å². The number of halogens is 1. The van der Waals surface area contributed by atoms with E-state index in [9.17, 15) is 18.8 Å². The minimum atomic E-state index is -0.810. The molecule has 0 fully saturated rings. The van der Waals surface area contributed by atoms with E-state index in [-0.39, 0.29) is 23.3 Å². The topological polar surface area (TPSA) is 105 Å². The number of pyridine rings is 1. The largest absolute Gasteiger partial charge is 0.365 e. The van der Waals surface area contributed by atoms with Crippen molar-refractivity contribution < 1.29 is 14.0 Å². The van der Waals surface area contributed by atoms with Gasteiger partial charge in [-0.05, 0) is 55.5 Å². The molecule has 1 unspecified atom stereocenters. The van der Waals surface area contributed by atoms with Gasteiger partial charge < -0.3 is 16.0 Å². The maximum atomic E-state index is 14.1. The van der Waals surface area contributed by atoms with Crippen LogP contribution in [0.4, 0.5) is 4.39 Å². The Hall–Kier alpha value is -3.00. The lowest BCUT2D eigenvalue weighted by atomic mass is 9.90. The van der Waals surface area contributed by atoms with Crippen LogP contribution < -0.4 is 16.6 Å². The number of nitrogens with two attached hydrogens (primary N) is 1. The number of carbonyl (C=O) groups is 2. The summed E-state index contributed by atoms with van der Waals surface area (Å²) in [5, 5.41) is 3.43. The molecule has 4 N–H and O–H groups in total. The number of carbonyl (C=O) groups excluding carboxylic acids is 2. The van der Waals surface area contributed by atoms with Gasteiger partial charge in [0, 0.05) is 15.8 Å². The van der Waals surface area contributed by atoms with E-state index in [0.717, 1.165) is 6.42 Å². The smallest absolute Gasteiger partial charge is 0.262 e. The number of fused-ring (bicyclic) bond motifs is 2. The minimum Gasteiger partial charge on any atom is -0.365 e. The van der Waals surface area contributed by atoms with Gasteiger partial charge in [-0.15, -0.1) is 11.3 Å². The summed E-state index contributed by atoms with van der Waals surface area (Å²) in [4.78, 5) is 39.6. The third-order valence-electron chi connectivity index (χ3n) is 5.13. The molecule has 1 aliphatic rings. The fourth-order valence-corrected chi connectivity index (χ4v) is 4.89. The molecule has 3 aromatic rings. The summed E-state index contributed by atoms with van der Waals surface area (Å²) < 4.78 is 14.8. The number of primary amides is 1. The SMILES string of the molecule is Cc1c(C(=O)NC2CCCc3[nH]c(=O)c(C(N)=O)cc32)sc2cccc(F)c12. The number of hydrogen-bond acceptors (Lipinski definition) is 4. The molecular weight excluding hydrogens is 381 g/mol. The summed E-state index contributed by atoms with van der Waals surface area (Å²) in [7, 11) is 0. The number of aromatic nitrogens is 1. The van der Waals surface area contributed by atoms with E-state index >= 15 is 0 Å². The molecule has 0 spiro atoms. The summed E-state index contributed by atoms with van der Waals surface area (Å²) in [6, 6.07) is 5.89. The average molecular weight is 399 g/mol. The van der Waals surface area contributed by atoms with Crippen LogP contribution in [0.1, 0.15) is 55.7 Å². The van der Waals surface area contributed by atoms with E-state index in [1.807, 2.05) is 0 Å². The number of aryl methyl sites for hydroxylation is 2. The van der Waals surface area contributed by atoms with Crippen LogP contribution in [-0.2, 0) is 6.42 Å². The average Bonchev–Trinajstić information content (AvgIpc) is 2.99. The number of hydrogen-bond donors (Lipinski definition) is 3. The zero-order chi connectivity index (χ0) is 20.0. The maximum absolute atomic E-state index is 14.1. The molecule has 2 heterocycles. The van der Waals surface area contributed by atoms with Gasteiger partial charge in [0.05, 0.1) is 10.9 Å². The normalized spacial score (nSPS) is 16.0. The highest BCUT2D eigenvalue weighted by Crippen LogP contribution is 2.34. The number of H-pyrrole nitrogens is 1. The molecule has 0 aliphatic heterocycles. The van der Waals surface area contributed by atoms with Crippen molar-refractivity contribution in [2.24, 2.45) is 5.73 Å². The van der Waals surface area contributed by atoms with Crippen LogP contribution in [0.15, 0.2) is 29.1 Å². The van der Waals surface area contributed by atoms with Crippen molar-refractivity contribution in [3.63, 3.8) is 0 Å². The second kappa shape index (κ2) is 6.87. The number of amides is 2. The van der Waals surface area contributed by atoms with E-state index in [1.54, 1.807) is 19.1 Å². The van der Waals surface area contributed by atoms with Crippen LogP contribution in [0.2, 0.25) is 0 Å². The first kappa shape index (κ1) is 18.4. The lowest BCUT2D eigenvalue weighted by Gasteiger charge is -2.26. The van der Waals surface area contributed by atoms with Gasteiger partial charge in [0.2, 0.25) is 0 Å². The van der Waals surface area contributed by atoms with Gasteiger partial charge in [-0.25, -0.2) is 4.39 Å². The summed E-state index contributed by atoms with van der Waals surface area (Å²) in [5.41, 5.74) is 6.63. The van der Waals surface area contributed by atoms with E-state index in [4.69, 9.17) is 5.73 Å². The van der Waals surface area contributed by atoms with Crippen molar-refractivity contribution in [1.82, 2.24) is 10.3 Å². The molecule has 0 saturated carbocycles. The third-order valence-corrected chi connectivity index (χ3v) is 6.39. The maximum Gasteiger partial charge on any atom is 0.262 e. The molecule has 8 heteroatoms. The molecule has 0 bridgehead atoms. The highest BCUT2D eigenvalue weighted by atomic mass is 32.1. The molecule has 1 aromatic carbocycles. The summed E-state index contributed by atoms with van der Waals surface area (Å²) in [5.74, 6) is -1.46. The van der Waals surface area contributed by atoms with Crippen LogP contribution in [0.5, 0.6) is 0 Å². The Balaban J connectivity index is 1.70. The summed E-state index contributed by atoms with van der Waals surface area (Å²) in [6.07, 6.45) is 2.11. The first-order chi connectivity index (χ1) is 13.4. The third kappa shape index (κ3) is 2.99. The fourth-order valence-electron chi connectivity index (χ4n) is 3.77. The van der Waals surface area contributed by atoms with Gasteiger partial charge in [0.1, 0.15) is 11.4 Å². The Morgan fingerprint density at radius 2 is 2.14 bits per heavy atom. The minimum absolute atomic E-state index is 0.125. The zero-order valence-electron chi connectivity index (χ0n) is 15.1. The first-order valence-electron chi connectivity index (χ1n) is 8.91. The molecule has 4 rings (SSSR count). The molecule has 0 radical (unpaired) electrons. The Labute approximate surface area is 163 Å². The predicted octanol–water partition coefficient (Wildman–Crippen LogP) is 2.94. The molecule has 0 saturated heterocycles. The Bertz CT molecular complexity index is 1180. The van der Waals surface area contributed by atoms with Gasteiger partial charge in [-0.3, -0.25) is 14.4 Å².